The van der Waals surface area contributed by atoms with Crippen LogP contribution in [0.3, 0.4) is 0 Å². The summed E-state index contributed by atoms with van der Waals surface area (Å²) in [5.41, 5.74) is 2.36. The van der Waals surface area contributed by atoms with Crippen LogP contribution < -0.4 is 0 Å². The van der Waals surface area contributed by atoms with Gasteiger partial charge in [-0.3, -0.25) is 4.79 Å². The fourth-order valence-corrected chi connectivity index (χ4v) is 2.45. The number of hydrogen-bond donors (Lipinski definition) is 0. The van der Waals surface area contributed by atoms with Gasteiger partial charge in [-0.2, -0.15) is 4.98 Å². The van der Waals surface area contributed by atoms with Crippen molar-refractivity contribution in [3.8, 4) is 11.4 Å². The van der Waals surface area contributed by atoms with Crippen molar-refractivity contribution in [2.24, 2.45) is 0 Å². The van der Waals surface area contributed by atoms with Crippen LogP contribution in [0.4, 0.5) is 4.39 Å². The number of hydrogen-bond acceptors (Lipinski definition) is 4. The predicted molar refractivity (Wildman–Crippen MR) is 95.8 cm³/mol. The van der Waals surface area contributed by atoms with Gasteiger partial charge in [0.25, 0.3) is 5.91 Å². The Labute approximate surface area is 150 Å². The van der Waals surface area contributed by atoms with E-state index in [0.717, 1.165) is 11.1 Å². The first-order chi connectivity index (χ1) is 12.6. The molecule has 0 atom stereocenters. The van der Waals surface area contributed by atoms with Crippen molar-refractivity contribution < 1.29 is 13.7 Å². The SMILES string of the molecule is C=CCN(Cc1nc(-c2ccc(C)cc2)no1)C(=O)c1ccc(F)cc1. The minimum atomic E-state index is -0.392. The fourth-order valence-electron chi connectivity index (χ4n) is 2.45. The van der Waals surface area contributed by atoms with E-state index in [4.69, 9.17) is 4.52 Å². The third-order valence-electron chi connectivity index (χ3n) is 3.83. The van der Waals surface area contributed by atoms with Gasteiger partial charge in [-0.05, 0) is 31.2 Å². The number of aryl methyl sites for hydroxylation is 1. The number of benzene rings is 2. The lowest BCUT2D eigenvalue weighted by atomic mass is 10.1. The Balaban J connectivity index is 1.78. The van der Waals surface area contributed by atoms with E-state index >= 15 is 0 Å². The van der Waals surface area contributed by atoms with Gasteiger partial charge in [-0.1, -0.05) is 41.1 Å². The lowest BCUT2D eigenvalue weighted by Crippen LogP contribution is -2.30. The predicted octanol–water partition coefficient (Wildman–Crippen LogP) is 4.01. The first-order valence-electron chi connectivity index (χ1n) is 8.12. The maximum atomic E-state index is 13.1. The van der Waals surface area contributed by atoms with Gasteiger partial charge < -0.3 is 9.42 Å². The molecule has 0 saturated carbocycles. The zero-order chi connectivity index (χ0) is 18.5. The Morgan fingerprint density at radius 3 is 2.54 bits per heavy atom. The molecule has 1 amide bonds. The van der Waals surface area contributed by atoms with Crippen LogP contribution in [0.5, 0.6) is 0 Å². The van der Waals surface area contributed by atoms with E-state index < -0.39 is 5.82 Å². The minimum absolute atomic E-state index is 0.140. The summed E-state index contributed by atoms with van der Waals surface area (Å²) >= 11 is 0. The van der Waals surface area contributed by atoms with Crippen LogP contribution in [-0.4, -0.2) is 27.5 Å². The van der Waals surface area contributed by atoms with Crippen molar-refractivity contribution in [3.63, 3.8) is 0 Å². The molecule has 0 N–H and O–H groups in total. The highest BCUT2D eigenvalue weighted by Crippen LogP contribution is 2.17. The Morgan fingerprint density at radius 2 is 1.88 bits per heavy atom. The molecule has 0 bridgehead atoms. The van der Waals surface area contributed by atoms with Gasteiger partial charge >= 0.3 is 0 Å². The van der Waals surface area contributed by atoms with Crippen LogP contribution >= 0.6 is 0 Å². The summed E-state index contributed by atoms with van der Waals surface area (Å²) in [5, 5.41) is 3.97. The molecule has 5 nitrogen and oxygen atoms in total. The third-order valence-corrected chi connectivity index (χ3v) is 3.83. The molecule has 3 aromatic rings. The Morgan fingerprint density at radius 1 is 1.19 bits per heavy atom. The molecule has 0 saturated heterocycles. The molecule has 0 aliphatic carbocycles. The number of halogens is 1. The summed E-state index contributed by atoms with van der Waals surface area (Å²) in [6.45, 7) is 6.12. The van der Waals surface area contributed by atoms with Crippen molar-refractivity contribution in [2.45, 2.75) is 13.5 Å². The summed E-state index contributed by atoms with van der Waals surface area (Å²) in [6, 6.07) is 13.1. The maximum absolute atomic E-state index is 13.1. The Bertz CT molecular complexity index is 902. The Kier molecular flexibility index (Phi) is 5.22. The average Bonchev–Trinajstić information content (AvgIpc) is 3.10. The molecule has 0 aliphatic rings. The quantitative estimate of drug-likeness (QED) is 0.630. The van der Waals surface area contributed by atoms with E-state index in [-0.39, 0.29) is 12.5 Å². The van der Waals surface area contributed by atoms with Crippen molar-refractivity contribution >= 4 is 5.91 Å². The van der Waals surface area contributed by atoms with Gasteiger partial charge in [-0.15, -0.1) is 6.58 Å². The second-order valence-electron chi connectivity index (χ2n) is 5.86. The number of nitrogens with zero attached hydrogens (tertiary/aromatic N) is 3. The molecule has 0 spiro atoms. The van der Waals surface area contributed by atoms with Gasteiger partial charge in [0.05, 0.1) is 0 Å². The summed E-state index contributed by atoms with van der Waals surface area (Å²) in [7, 11) is 0. The number of carbonyl (C=O) groups is 1. The second-order valence-corrected chi connectivity index (χ2v) is 5.86. The number of carbonyl (C=O) groups excluding carboxylic acids is 1. The number of amides is 1. The lowest BCUT2D eigenvalue weighted by Gasteiger charge is -2.19. The maximum Gasteiger partial charge on any atom is 0.254 e. The normalized spacial score (nSPS) is 10.5. The zero-order valence-corrected chi connectivity index (χ0v) is 14.4. The van der Waals surface area contributed by atoms with E-state index in [1.807, 2.05) is 31.2 Å². The van der Waals surface area contributed by atoms with Crippen LogP contribution in [0.2, 0.25) is 0 Å². The molecule has 1 heterocycles. The van der Waals surface area contributed by atoms with E-state index in [2.05, 4.69) is 16.7 Å². The molecule has 26 heavy (non-hydrogen) atoms. The van der Waals surface area contributed by atoms with Crippen molar-refractivity contribution in [2.75, 3.05) is 6.54 Å². The molecule has 1 aromatic heterocycles. The molecule has 2 aromatic carbocycles. The van der Waals surface area contributed by atoms with Crippen LogP contribution in [0.25, 0.3) is 11.4 Å². The fraction of sp³-hybridized carbons (Fsp3) is 0.150. The molecule has 132 valence electrons. The van der Waals surface area contributed by atoms with E-state index in [1.54, 1.807) is 6.08 Å². The second kappa shape index (κ2) is 7.74. The van der Waals surface area contributed by atoms with Crippen molar-refractivity contribution in [1.29, 1.82) is 0 Å². The zero-order valence-electron chi connectivity index (χ0n) is 14.4. The molecule has 0 fully saturated rings. The average molecular weight is 351 g/mol. The van der Waals surface area contributed by atoms with Gasteiger partial charge in [-0.25, -0.2) is 4.39 Å². The van der Waals surface area contributed by atoms with Gasteiger partial charge in [0, 0.05) is 17.7 Å². The van der Waals surface area contributed by atoms with Gasteiger partial charge in [0.1, 0.15) is 12.4 Å². The lowest BCUT2D eigenvalue weighted by molar-refractivity contribution is 0.0745. The molecule has 0 unspecified atom stereocenters. The topological polar surface area (TPSA) is 59.2 Å². The van der Waals surface area contributed by atoms with E-state index in [0.29, 0.717) is 23.8 Å². The van der Waals surface area contributed by atoms with Crippen molar-refractivity contribution in [3.05, 3.63) is 84.0 Å². The molecular formula is C20H18FN3O2. The van der Waals surface area contributed by atoms with E-state index in [9.17, 15) is 9.18 Å². The van der Waals surface area contributed by atoms with Crippen LogP contribution in [-0.2, 0) is 6.54 Å². The number of rotatable bonds is 6. The molecule has 6 heteroatoms. The van der Waals surface area contributed by atoms with E-state index in [1.165, 1.54) is 29.2 Å². The monoisotopic (exact) mass is 351 g/mol. The molecular weight excluding hydrogens is 333 g/mol. The largest absolute Gasteiger partial charge is 0.337 e. The summed E-state index contributed by atoms with van der Waals surface area (Å²) in [5.74, 6) is 0.127. The van der Waals surface area contributed by atoms with Gasteiger partial charge in [0.2, 0.25) is 11.7 Å². The molecule has 0 radical (unpaired) electrons. The third kappa shape index (κ3) is 4.03. The molecule has 3 rings (SSSR count). The van der Waals surface area contributed by atoms with Crippen LogP contribution in [0, 0.1) is 12.7 Å². The Hall–Kier alpha value is -3.28. The summed E-state index contributed by atoms with van der Waals surface area (Å²) < 4.78 is 18.3. The first kappa shape index (κ1) is 17.5. The highest BCUT2D eigenvalue weighted by molar-refractivity contribution is 5.94. The highest BCUT2D eigenvalue weighted by Gasteiger charge is 2.18. The standard InChI is InChI=1S/C20H18FN3O2/c1-3-12-24(20(25)16-8-10-17(21)11-9-16)13-18-22-19(23-26-18)15-6-4-14(2)5-7-15/h3-11H,1,12-13H2,2H3. The first-order valence-corrected chi connectivity index (χ1v) is 8.12. The number of aromatic nitrogens is 2. The summed E-state index contributed by atoms with van der Waals surface area (Å²) in [4.78, 5) is 18.5. The van der Waals surface area contributed by atoms with Crippen LogP contribution in [0.1, 0.15) is 21.8 Å². The summed E-state index contributed by atoms with van der Waals surface area (Å²) in [6.07, 6.45) is 1.61. The highest BCUT2D eigenvalue weighted by atomic mass is 19.1. The molecule has 0 aliphatic heterocycles. The smallest absolute Gasteiger partial charge is 0.254 e. The minimum Gasteiger partial charge on any atom is -0.337 e. The van der Waals surface area contributed by atoms with Gasteiger partial charge in [0.15, 0.2) is 0 Å². The van der Waals surface area contributed by atoms with Crippen LogP contribution in [0.15, 0.2) is 65.7 Å². The van der Waals surface area contributed by atoms with Crippen molar-refractivity contribution in [1.82, 2.24) is 15.0 Å².